The molecule has 19 heavy (non-hydrogen) atoms. The fourth-order valence-corrected chi connectivity index (χ4v) is 3.50. The Hall–Kier alpha value is -1.11. The SMILES string of the molecule is Cc1ccc(N)cc1S(=O)(=O)NCC1CCCCO1. The zero-order valence-electron chi connectivity index (χ0n) is 11.1. The second kappa shape index (κ2) is 5.90. The van der Waals surface area contributed by atoms with Gasteiger partial charge in [-0.05, 0) is 43.9 Å². The van der Waals surface area contributed by atoms with Crippen molar-refractivity contribution in [3.05, 3.63) is 23.8 Å². The van der Waals surface area contributed by atoms with Crippen molar-refractivity contribution in [3.8, 4) is 0 Å². The van der Waals surface area contributed by atoms with E-state index in [1.807, 2.05) is 0 Å². The third-order valence-electron chi connectivity index (χ3n) is 3.28. The Labute approximate surface area is 114 Å². The molecule has 0 spiro atoms. The van der Waals surface area contributed by atoms with E-state index in [1.54, 1.807) is 19.1 Å². The molecule has 1 unspecified atom stereocenters. The smallest absolute Gasteiger partial charge is 0.240 e. The highest BCUT2D eigenvalue weighted by Gasteiger charge is 2.20. The lowest BCUT2D eigenvalue weighted by atomic mass is 10.1. The number of rotatable bonds is 4. The van der Waals surface area contributed by atoms with E-state index in [0.29, 0.717) is 24.4 Å². The summed E-state index contributed by atoms with van der Waals surface area (Å²) in [6, 6.07) is 4.89. The first-order valence-corrected chi connectivity index (χ1v) is 7.95. The molecule has 1 saturated heterocycles. The van der Waals surface area contributed by atoms with Crippen molar-refractivity contribution in [3.63, 3.8) is 0 Å². The minimum atomic E-state index is -3.52. The number of hydrogen-bond donors (Lipinski definition) is 2. The van der Waals surface area contributed by atoms with E-state index >= 15 is 0 Å². The summed E-state index contributed by atoms with van der Waals surface area (Å²) in [6.45, 7) is 2.78. The molecule has 1 aliphatic heterocycles. The van der Waals surface area contributed by atoms with Gasteiger partial charge in [0, 0.05) is 18.8 Å². The van der Waals surface area contributed by atoms with Gasteiger partial charge in [-0.3, -0.25) is 0 Å². The fraction of sp³-hybridized carbons (Fsp3) is 0.538. The molecule has 1 aliphatic rings. The number of hydrogen-bond acceptors (Lipinski definition) is 4. The number of sulfonamides is 1. The van der Waals surface area contributed by atoms with Gasteiger partial charge in [0.25, 0.3) is 0 Å². The average Bonchev–Trinajstić information content (AvgIpc) is 2.40. The minimum absolute atomic E-state index is 0.0232. The maximum atomic E-state index is 12.2. The number of nitrogens with two attached hydrogens (primary N) is 1. The molecule has 0 aliphatic carbocycles. The Balaban J connectivity index is 2.07. The minimum Gasteiger partial charge on any atom is -0.399 e. The van der Waals surface area contributed by atoms with Crippen LogP contribution in [0.15, 0.2) is 23.1 Å². The summed E-state index contributed by atoms with van der Waals surface area (Å²) in [5.74, 6) is 0. The van der Waals surface area contributed by atoms with Crippen molar-refractivity contribution in [2.45, 2.75) is 37.2 Å². The zero-order chi connectivity index (χ0) is 13.9. The molecule has 0 bridgehead atoms. The first-order valence-electron chi connectivity index (χ1n) is 6.46. The Morgan fingerprint density at radius 3 is 2.89 bits per heavy atom. The molecule has 106 valence electrons. The quantitative estimate of drug-likeness (QED) is 0.819. The Morgan fingerprint density at radius 2 is 2.21 bits per heavy atom. The lowest BCUT2D eigenvalue weighted by Crippen LogP contribution is -2.35. The fourth-order valence-electron chi connectivity index (χ4n) is 2.15. The van der Waals surface area contributed by atoms with E-state index in [0.717, 1.165) is 19.3 Å². The summed E-state index contributed by atoms with van der Waals surface area (Å²) < 4.78 is 32.6. The van der Waals surface area contributed by atoms with Crippen molar-refractivity contribution in [2.24, 2.45) is 0 Å². The van der Waals surface area contributed by atoms with Crippen LogP contribution in [-0.2, 0) is 14.8 Å². The Bertz CT molecular complexity index is 537. The van der Waals surface area contributed by atoms with Crippen LogP contribution in [-0.4, -0.2) is 27.7 Å². The van der Waals surface area contributed by atoms with Crippen LogP contribution >= 0.6 is 0 Å². The van der Waals surface area contributed by atoms with Gasteiger partial charge in [0.05, 0.1) is 11.0 Å². The molecule has 0 saturated carbocycles. The molecule has 0 radical (unpaired) electrons. The molecular weight excluding hydrogens is 264 g/mol. The van der Waals surface area contributed by atoms with Crippen molar-refractivity contribution in [1.82, 2.24) is 4.72 Å². The van der Waals surface area contributed by atoms with E-state index in [9.17, 15) is 8.42 Å². The van der Waals surface area contributed by atoms with Gasteiger partial charge >= 0.3 is 0 Å². The lowest BCUT2D eigenvalue weighted by Gasteiger charge is -2.22. The lowest BCUT2D eigenvalue weighted by molar-refractivity contribution is 0.0200. The first-order chi connectivity index (χ1) is 8.99. The van der Waals surface area contributed by atoms with Crippen LogP contribution in [0, 0.1) is 6.92 Å². The molecule has 5 nitrogen and oxygen atoms in total. The highest BCUT2D eigenvalue weighted by Crippen LogP contribution is 2.19. The average molecular weight is 284 g/mol. The molecule has 2 rings (SSSR count). The summed E-state index contributed by atoms with van der Waals surface area (Å²) in [5.41, 5.74) is 6.78. The number of anilines is 1. The number of ether oxygens (including phenoxy) is 1. The maximum Gasteiger partial charge on any atom is 0.240 e. The van der Waals surface area contributed by atoms with E-state index < -0.39 is 10.0 Å². The predicted molar refractivity (Wildman–Crippen MR) is 74.4 cm³/mol. The molecule has 1 fully saturated rings. The van der Waals surface area contributed by atoms with Gasteiger partial charge in [0.15, 0.2) is 0 Å². The maximum absolute atomic E-state index is 12.2. The Morgan fingerprint density at radius 1 is 1.42 bits per heavy atom. The van der Waals surface area contributed by atoms with Gasteiger partial charge in [-0.15, -0.1) is 0 Å². The number of aryl methyl sites for hydroxylation is 1. The molecule has 3 N–H and O–H groups in total. The molecule has 1 heterocycles. The Kier molecular flexibility index (Phi) is 4.44. The van der Waals surface area contributed by atoms with E-state index in [2.05, 4.69) is 4.72 Å². The number of nitrogen functional groups attached to an aromatic ring is 1. The van der Waals surface area contributed by atoms with Crippen LogP contribution in [0.5, 0.6) is 0 Å². The molecule has 6 heteroatoms. The van der Waals surface area contributed by atoms with E-state index in [-0.39, 0.29) is 11.0 Å². The predicted octanol–water partition coefficient (Wildman–Crippen LogP) is 1.42. The standard InChI is InChI=1S/C13H20N2O3S/c1-10-5-6-11(14)8-13(10)19(16,17)15-9-12-4-2-3-7-18-12/h5-6,8,12,15H,2-4,7,9,14H2,1H3. The van der Waals surface area contributed by atoms with Crippen LogP contribution in [0.1, 0.15) is 24.8 Å². The van der Waals surface area contributed by atoms with Gasteiger partial charge < -0.3 is 10.5 Å². The van der Waals surface area contributed by atoms with Crippen LogP contribution in [0.3, 0.4) is 0 Å². The van der Waals surface area contributed by atoms with Gasteiger partial charge in [0.1, 0.15) is 0 Å². The molecular formula is C13H20N2O3S. The first kappa shape index (κ1) is 14.3. The topological polar surface area (TPSA) is 81.4 Å². The van der Waals surface area contributed by atoms with Crippen LogP contribution in [0.2, 0.25) is 0 Å². The van der Waals surface area contributed by atoms with Crippen molar-refractivity contribution >= 4 is 15.7 Å². The molecule has 1 aromatic rings. The zero-order valence-corrected chi connectivity index (χ0v) is 11.9. The van der Waals surface area contributed by atoms with Crippen LogP contribution in [0.4, 0.5) is 5.69 Å². The summed E-state index contributed by atoms with van der Waals surface area (Å²) in [4.78, 5) is 0.239. The van der Waals surface area contributed by atoms with Gasteiger partial charge in [-0.1, -0.05) is 6.07 Å². The van der Waals surface area contributed by atoms with Crippen LogP contribution < -0.4 is 10.5 Å². The van der Waals surface area contributed by atoms with E-state index in [4.69, 9.17) is 10.5 Å². The van der Waals surface area contributed by atoms with Gasteiger partial charge in [-0.25, -0.2) is 13.1 Å². The highest BCUT2D eigenvalue weighted by molar-refractivity contribution is 7.89. The summed E-state index contributed by atoms with van der Waals surface area (Å²) in [6.07, 6.45) is 3.02. The van der Waals surface area contributed by atoms with Crippen molar-refractivity contribution < 1.29 is 13.2 Å². The molecule has 0 aromatic heterocycles. The summed E-state index contributed by atoms with van der Waals surface area (Å²) in [5, 5.41) is 0. The second-order valence-corrected chi connectivity index (χ2v) is 6.60. The molecule has 1 atom stereocenters. The summed E-state index contributed by atoms with van der Waals surface area (Å²) >= 11 is 0. The third-order valence-corrected chi connectivity index (χ3v) is 4.84. The van der Waals surface area contributed by atoms with Crippen molar-refractivity contribution in [1.29, 1.82) is 0 Å². The molecule has 0 amide bonds. The van der Waals surface area contributed by atoms with Crippen LogP contribution in [0.25, 0.3) is 0 Å². The van der Waals surface area contributed by atoms with Crippen molar-refractivity contribution in [2.75, 3.05) is 18.9 Å². The monoisotopic (exact) mass is 284 g/mol. The normalized spacial score (nSPS) is 20.4. The summed E-state index contributed by atoms with van der Waals surface area (Å²) in [7, 11) is -3.52. The largest absolute Gasteiger partial charge is 0.399 e. The highest BCUT2D eigenvalue weighted by atomic mass is 32.2. The molecule has 1 aromatic carbocycles. The second-order valence-electron chi connectivity index (χ2n) is 4.87. The number of nitrogens with one attached hydrogen (secondary N) is 1. The van der Waals surface area contributed by atoms with E-state index in [1.165, 1.54) is 6.07 Å². The van der Waals surface area contributed by atoms with Gasteiger partial charge in [0.2, 0.25) is 10.0 Å². The number of benzene rings is 1. The van der Waals surface area contributed by atoms with Gasteiger partial charge in [-0.2, -0.15) is 0 Å². The third kappa shape index (κ3) is 3.68.